The van der Waals surface area contributed by atoms with Crippen molar-refractivity contribution in [2.45, 2.75) is 84.5 Å². The molecule has 0 aromatic rings. The molecule has 4 N–H and O–H groups in total. The molecule has 4 atom stereocenters. The van der Waals surface area contributed by atoms with E-state index in [0.29, 0.717) is 25.8 Å². The van der Waals surface area contributed by atoms with E-state index in [0.717, 1.165) is 0 Å². The lowest BCUT2D eigenvalue weighted by molar-refractivity contribution is -0.142. The Morgan fingerprint density at radius 1 is 1.22 bits per heavy atom. The standard InChI is InChI=1S/C23H40BF3N4O5/c1-15(2)9-19(24(34)35)30-20(32)18(29-14-23(25,26)27)12-36-11-17-7-6-8-31(17)21(33)22(5,13-28)10-16(3)4/h15-19,29,34-35H,6-12,14H2,1-5H3,(H,30,32)/t17-,18+,19+,22?/m1/s1. The molecule has 0 aromatic heterocycles. The number of rotatable bonds is 14. The van der Waals surface area contributed by atoms with E-state index in [4.69, 9.17) is 4.74 Å². The average Bonchev–Trinajstić information content (AvgIpc) is 3.21. The molecular weight excluding hydrogens is 480 g/mol. The molecule has 0 radical (unpaired) electrons. The molecule has 9 nitrogen and oxygen atoms in total. The molecule has 13 heteroatoms. The number of alkyl halides is 3. The van der Waals surface area contributed by atoms with Crippen LogP contribution in [0.3, 0.4) is 0 Å². The molecule has 1 unspecified atom stereocenters. The van der Waals surface area contributed by atoms with Gasteiger partial charge < -0.3 is 25.0 Å². The topological polar surface area (TPSA) is 135 Å². The van der Waals surface area contributed by atoms with Crippen molar-refractivity contribution < 1.29 is 37.5 Å². The number of carbonyl (C=O) groups excluding carboxylic acids is 2. The second-order valence-corrected chi connectivity index (χ2v) is 10.6. The van der Waals surface area contributed by atoms with Crippen molar-refractivity contribution in [3.8, 4) is 6.07 Å². The van der Waals surface area contributed by atoms with Crippen molar-refractivity contribution in [1.29, 1.82) is 5.26 Å². The summed E-state index contributed by atoms with van der Waals surface area (Å²) in [5, 5.41) is 33.2. The van der Waals surface area contributed by atoms with Crippen LogP contribution in [0.5, 0.6) is 0 Å². The van der Waals surface area contributed by atoms with Gasteiger partial charge in [-0.2, -0.15) is 18.4 Å². The maximum absolute atomic E-state index is 13.1. The summed E-state index contributed by atoms with van der Waals surface area (Å²) in [7, 11) is -1.88. The molecule has 206 valence electrons. The van der Waals surface area contributed by atoms with Crippen molar-refractivity contribution in [3.05, 3.63) is 0 Å². The van der Waals surface area contributed by atoms with Crippen LogP contribution in [-0.2, 0) is 14.3 Å². The lowest BCUT2D eigenvalue weighted by atomic mass is 9.75. The van der Waals surface area contributed by atoms with Gasteiger partial charge in [-0.15, -0.1) is 0 Å². The third-order valence-corrected chi connectivity index (χ3v) is 6.05. The maximum atomic E-state index is 13.1. The van der Waals surface area contributed by atoms with Crippen LogP contribution in [0.25, 0.3) is 0 Å². The van der Waals surface area contributed by atoms with E-state index in [-0.39, 0.29) is 36.8 Å². The van der Waals surface area contributed by atoms with E-state index in [1.54, 1.807) is 25.7 Å². The summed E-state index contributed by atoms with van der Waals surface area (Å²) in [5.74, 6) is -2.09. The van der Waals surface area contributed by atoms with E-state index in [1.165, 1.54) is 0 Å². The fourth-order valence-corrected chi connectivity index (χ4v) is 4.43. The Labute approximate surface area is 211 Å². The fraction of sp³-hybridized carbons (Fsp3) is 0.870. The highest BCUT2D eigenvalue weighted by Gasteiger charge is 2.42. The molecular formula is C23H40BF3N4O5. The molecule has 2 amide bonds. The zero-order valence-corrected chi connectivity index (χ0v) is 21.8. The third-order valence-electron chi connectivity index (χ3n) is 6.05. The second kappa shape index (κ2) is 14.2. The van der Waals surface area contributed by atoms with Gasteiger partial charge >= 0.3 is 13.3 Å². The quantitative estimate of drug-likeness (QED) is 0.256. The minimum absolute atomic E-state index is 0.00406. The number of amides is 2. The normalized spacial score (nSPS) is 19.6. The summed E-state index contributed by atoms with van der Waals surface area (Å²) in [5.41, 5.74) is -1.19. The van der Waals surface area contributed by atoms with Gasteiger partial charge in [-0.05, 0) is 44.4 Å². The Morgan fingerprint density at radius 3 is 2.36 bits per heavy atom. The van der Waals surface area contributed by atoms with E-state index in [1.807, 2.05) is 13.8 Å². The third kappa shape index (κ3) is 10.6. The van der Waals surface area contributed by atoms with Gasteiger partial charge in [-0.3, -0.25) is 14.9 Å². The molecule has 1 saturated heterocycles. The molecule has 1 fully saturated rings. The zero-order chi connectivity index (χ0) is 27.7. The summed E-state index contributed by atoms with van der Waals surface area (Å²) >= 11 is 0. The van der Waals surface area contributed by atoms with E-state index in [9.17, 15) is 38.1 Å². The smallest absolute Gasteiger partial charge is 0.426 e. The minimum atomic E-state index is -4.57. The highest BCUT2D eigenvalue weighted by molar-refractivity contribution is 6.43. The second-order valence-electron chi connectivity index (χ2n) is 10.6. The lowest BCUT2D eigenvalue weighted by Gasteiger charge is -2.32. The Hall–Kier alpha value is -1.88. The predicted octanol–water partition coefficient (Wildman–Crippen LogP) is 1.63. The Morgan fingerprint density at radius 2 is 1.86 bits per heavy atom. The number of hydrogen-bond acceptors (Lipinski definition) is 7. The number of carbonyl (C=O) groups is 2. The van der Waals surface area contributed by atoms with Crippen molar-refractivity contribution in [2.75, 3.05) is 26.3 Å². The molecule has 0 spiro atoms. The Bertz CT molecular complexity index is 763. The molecule has 0 aromatic carbocycles. The molecule has 0 aliphatic carbocycles. The number of nitrogens with one attached hydrogen (secondary N) is 2. The van der Waals surface area contributed by atoms with Gasteiger partial charge in [0.15, 0.2) is 0 Å². The van der Waals surface area contributed by atoms with Gasteiger partial charge in [0.1, 0.15) is 11.5 Å². The summed E-state index contributed by atoms with van der Waals surface area (Å²) in [6, 6.07) is 0.355. The van der Waals surface area contributed by atoms with Gasteiger partial charge in [-0.25, -0.2) is 0 Å². The van der Waals surface area contributed by atoms with Crippen molar-refractivity contribution in [3.63, 3.8) is 0 Å². The number of nitriles is 1. The molecule has 0 saturated carbocycles. The van der Waals surface area contributed by atoms with Crippen LogP contribution in [0.4, 0.5) is 13.2 Å². The first kappa shape index (κ1) is 32.2. The van der Waals surface area contributed by atoms with Crippen LogP contribution in [0.2, 0.25) is 0 Å². The Kier molecular flexibility index (Phi) is 12.7. The summed E-state index contributed by atoms with van der Waals surface area (Å²) in [6.07, 6.45) is -2.66. The van der Waals surface area contributed by atoms with Gasteiger partial charge in [0.05, 0.1) is 37.8 Å². The monoisotopic (exact) mass is 520 g/mol. The van der Waals surface area contributed by atoms with Gasteiger partial charge in [0, 0.05) is 6.54 Å². The SMILES string of the molecule is CC(C)C[C@H](NC(=O)[C@H](COC[C@H]1CCCN1C(=O)C(C)(C#N)CC(C)C)NCC(F)(F)F)B(O)O. The van der Waals surface area contributed by atoms with E-state index in [2.05, 4.69) is 16.7 Å². The number of likely N-dealkylation sites (tertiary alicyclic amines) is 1. The first-order chi connectivity index (χ1) is 16.6. The van der Waals surface area contributed by atoms with E-state index >= 15 is 0 Å². The van der Waals surface area contributed by atoms with Crippen LogP contribution in [0, 0.1) is 28.6 Å². The predicted molar refractivity (Wildman–Crippen MR) is 128 cm³/mol. The highest BCUT2D eigenvalue weighted by Crippen LogP contribution is 2.31. The molecule has 1 rings (SSSR count). The average molecular weight is 520 g/mol. The molecule has 1 heterocycles. The minimum Gasteiger partial charge on any atom is -0.426 e. The van der Waals surface area contributed by atoms with Crippen LogP contribution < -0.4 is 10.6 Å². The highest BCUT2D eigenvalue weighted by atomic mass is 19.4. The number of ether oxygens (including phenoxy) is 1. The van der Waals surface area contributed by atoms with Crippen LogP contribution in [0.15, 0.2) is 0 Å². The largest absolute Gasteiger partial charge is 0.475 e. The van der Waals surface area contributed by atoms with Crippen LogP contribution >= 0.6 is 0 Å². The number of halogens is 3. The maximum Gasteiger partial charge on any atom is 0.475 e. The lowest BCUT2D eigenvalue weighted by Crippen LogP contribution is -2.56. The first-order valence-corrected chi connectivity index (χ1v) is 12.4. The van der Waals surface area contributed by atoms with Gasteiger partial charge in [-0.1, -0.05) is 27.7 Å². The van der Waals surface area contributed by atoms with Crippen LogP contribution in [0.1, 0.15) is 60.3 Å². The molecule has 0 bridgehead atoms. The van der Waals surface area contributed by atoms with Crippen molar-refractivity contribution >= 4 is 18.9 Å². The number of nitrogens with zero attached hydrogens (tertiary/aromatic N) is 2. The molecule has 1 aliphatic rings. The summed E-state index contributed by atoms with van der Waals surface area (Å²) in [4.78, 5) is 27.4. The fourth-order valence-electron chi connectivity index (χ4n) is 4.43. The van der Waals surface area contributed by atoms with Gasteiger partial charge in [0.25, 0.3) is 0 Å². The summed E-state index contributed by atoms with van der Waals surface area (Å²) in [6.45, 7) is 7.65. The Balaban J connectivity index is 2.85. The first-order valence-electron chi connectivity index (χ1n) is 12.4. The zero-order valence-electron chi connectivity index (χ0n) is 21.8. The van der Waals surface area contributed by atoms with E-state index < -0.39 is 49.8 Å². The molecule has 36 heavy (non-hydrogen) atoms. The molecule has 1 aliphatic heterocycles. The number of hydrogen-bond donors (Lipinski definition) is 4. The van der Waals surface area contributed by atoms with Crippen molar-refractivity contribution in [1.82, 2.24) is 15.5 Å². The van der Waals surface area contributed by atoms with Gasteiger partial charge in [0.2, 0.25) is 11.8 Å². The summed E-state index contributed by atoms with van der Waals surface area (Å²) < 4.78 is 44.0. The van der Waals surface area contributed by atoms with Crippen LogP contribution in [-0.4, -0.2) is 84.4 Å². The van der Waals surface area contributed by atoms with Crippen molar-refractivity contribution in [2.24, 2.45) is 17.3 Å².